The maximum Gasteiger partial charge on any atom is 0.109 e. The first-order valence-corrected chi connectivity index (χ1v) is 7.53. The van der Waals surface area contributed by atoms with Gasteiger partial charge in [-0.3, -0.25) is 0 Å². The Balaban J connectivity index is 1.87. The molecule has 17 heavy (non-hydrogen) atoms. The first-order chi connectivity index (χ1) is 8.23. The van der Waals surface area contributed by atoms with Gasteiger partial charge in [0, 0.05) is 23.7 Å². The van der Waals surface area contributed by atoms with Gasteiger partial charge >= 0.3 is 0 Å². The fourth-order valence-electron chi connectivity index (χ4n) is 2.57. The second kappa shape index (κ2) is 5.94. The summed E-state index contributed by atoms with van der Waals surface area (Å²) >= 11 is 1.73. The van der Waals surface area contributed by atoms with E-state index in [9.17, 15) is 0 Å². The van der Waals surface area contributed by atoms with Crippen LogP contribution in [0.2, 0.25) is 0 Å². The van der Waals surface area contributed by atoms with Crippen LogP contribution in [0.1, 0.15) is 56.5 Å². The molecule has 1 heterocycles. The standard InChI is InChI=1S/C13H23N3S/c1-2-11(12-15-8-9-17-12)16-10-13(14)6-4-3-5-7-13/h8-9,11,16H,2-7,10,14H2,1H3. The molecule has 0 aliphatic heterocycles. The van der Waals surface area contributed by atoms with Crippen molar-refractivity contribution in [3.8, 4) is 0 Å². The lowest BCUT2D eigenvalue weighted by Gasteiger charge is -2.34. The topological polar surface area (TPSA) is 50.9 Å². The van der Waals surface area contributed by atoms with Crippen molar-refractivity contribution in [3.05, 3.63) is 16.6 Å². The van der Waals surface area contributed by atoms with Gasteiger partial charge < -0.3 is 11.1 Å². The molecule has 4 heteroatoms. The summed E-state index contributed by atoms with van der Waals surface area (Å²) in [6.07, 6.45) is 9.19. The largest absolute Gasteiger partial charge is 0.324 e. The van der Waals surface area contributed by atoms with E-state index in [4.69, 9.17) is 5.73 Å². The number of nitrogens with zero attached hydrogens (tertiary/aromatic N) is 1. The van der Waals surface area contributed by atoms with Crippen LogP contribution in [0.15, 0.2) is 11.6 Å². The van der Waals surface area contributed by atoms with Gasteiger partial charge in [0.05, 0.1) is 6.04 Å². The zero-order valence-corrected chi connectivity index (χ0v) is 11.4. The van der Waals surface area contributed by atoms with Crippen molar-refractivity contribution in [2.45, 2.75) is 57.0 Å². The Bertz CT molecular complexity index is 317. The normalized spacial score (nSPS) is 21.3. The molecule has 1 saturated carbocycles. The Morgan fingerprint density at radius 3 is 2.82 bits per heavy atom. The molecule has 1 fully saturated rings. The number of hydrogen-bond donors (Lipinski definition) is 2. The predicted octanol–water partition coefficient (Wildman–Crippen LogP) is 2.85. The summed E-state index contributed by atoms with van der Waals surface area (Å²) in [6.45, 7) is 3.12. The Morgan fingerprint density at radius 1 is 1.47 bits per heavy atom. The summed E-state index contributed by atoms with van der Waals surface area (Å²) in [5.74, 6) is 0. The first kappa shape index (κ1) is 13.0. The van der Waals surface area contributed by atoms with E-state index in [1.54, 1.807) is 11.3 Å². The van der Waals surface area contributed by atoms with Crippen LogP contribution in [0.4, 0.5) is 0 Å². The minimum absolute atomic E-state index is 0.0168. The first-order valence-electron chi connectivity index (χ1n) is 6.65. The molecule has 1 unspecified atom stereocenters. The van der Waals surface area contributed by atoms with Crippen LogP contribution < -0.4 is 11.1 Å². The van der Waals surface area contributed by atoms with Crippen molar-refractivity contribution in [2.24, 2.45) is 5.73 Å². The summed E-state index contributed by atoms with van der Waals surface area (Å²) in [5.41, 5.74) is 6.45. The predicted molar refractivity (Wildman–Crippen MR) is 73.2 cm³/mol. The van der Waals surface area contributed by atoms with E-state index in [0.29, 0.717) is 6.04 Å². The summed E-state index contributed by atoms with van der Waals surface area (Å²) in [7, 11) is 0. The van der Waals surface area contributed by atoms with E-state index in [2.05, 4.69) is 17.2 Å². The Kier molecular flexibility index (Phi) is 4.54. The number of nitrogens with two attached hydrogens (primary N) is 1. The fraction of sp³-hybridized carbons (Fsp3) is 0.769. The second-order valence-electron chi connectivity index (χ2n) is 5.14. The molecular formula is C13H23N3S. The van der Waals surface area contributed by atoms with E-state index in [0.717, 1.165) is 25.8 Å². The monoisotopic (exact) mass is 253 g/mol. The van der Waals surface area contributed by atoms with Crippen molar-refractivity contribution < 1.29 is 0 Å². The highest BCUT2D eigenvalue weighted by molar-refractivity contribution is 7.09. The van der Waals surface area contributed by atoms with Crippen molar-refractivity contribution in [1.82, 2.24) is 10.3 Å². The van der Waals surface area contributed by atoms with E-state index < -0.39 is 0 Å². The van der Waals surface area contributed by atoms with Crippen molar-refractivity contribution >= 4 is 11.3 Å². The number of rotatable bonds is 5. The summed E-state index contributed by atoms with van der Waals surface area (Å²) < 4.78 is 0. The van der Waals surface area contributed by atoms with Gasteiger partial charge in [-0.15, -0.1) is 11.3 Å². The van der Waals surface area contributed by atoms with Crippen LogP contribution in [0.3, 0.4) is 0 Å². The number of aromatic nitrogens is 1. The molecule has 1 aliphatic rings. The van der Waals surface area contributed by atoms with Crippen molar-refractivity contribution in [3.63, 3.8) is 0 Å². The van der Waals surface area contributed by atoms with Gasteiger partial charge in [-0.2, -0.15) is 0 Å². The molecular weight excluding hydrogens is 230 g/mol. The zero-order chi connectivity index (χ0) is 12.1. The molecule has 0 aromatic carbocycles. The maximum absolute atomic E-state index is 6.44. The quantitative estimate of drug-likeness (QED) is 0.848. The molecule has 0 saturated heterocycles. The molecule has 1 aromatic rings. The third kappa shape index (κ3) is 3.50. The highest BCUT2D eigenvalue weighted by atomic mass is 32.1. The summed E-state index contributed by atoms with van der Waals surface area (Å²) in [4.78, 5) is 4.39. The molecule has 1 atom stereocenters. The SMILES string of the molecule is CCC(NCC1(N)CCCCC1)c1nccs1. The number of nitrogens with one attached hydrogen (secondary N) is 1. The molecule has 96 valence electrons. The molecule has 3 N–H and O–H groups in total. The van der Waals surface area contributed by atoms with E-state index >= 15 is 0 Å². The van der Waals surface area contributed by atoms with Crippen LogP contribution in [0.5, 0.6) is 0 Å². The summed E-state index contributed by atoms with van der Waals surface area (Å²) in [6, 6.07) is 0.373. The third-order valence-corrected chi connectivity index (χ3v) is 4.60. The second-order valence-corrected chi connectivity index (χ2v) is 6.06. The smallest absolute Gasteiger partial charge is 0.109 e. The van der Waals surface area contributed by atoms with Crippen molar-refractivity contribution in [2.75, 3.05) is 6.54 Å². The van der Waals surface area contributed by atoms with Crippen LogP contribution >= 0.6 is 11.3 Å². The van der Waals surface area contributed by atoms with Gasteiger partial charge in [-0.05, 0) is 19.3 Å². The Morgan fingerprint density at radius 2 is 2.24 bits per heavy atom. The fourth-order valence-corrected chi connectivity index (χ4v) is 3.37. The lowest BCUT2D eigenvalue weighted by atomic mass is 9.82. The molecule has 3 nitrogen and oxygen atoms in total. The summed E-state index contributed by atoms with van der Waals surface area (Å²) in [5, 5.41) is 6.83. The molecule has 0 radical (unpaired) electrons. The molecule has 1 aliphatic carbocycles. The molecule has 1 aromatic heterocycles. The molecule has 0 spiro atoms. The van der Waals surface area contributed by atoms with Gasteiger partial charge in [0.15, 0.2) is 0 Å². The minimum atomic E-state index is 0.0168. The van der Waals surface area contributed by atoms with E-state index in [-0.39, 0.29) is 5.54 Å². The van der Waals surface area contributed by atoms with Gasteiger partial charge in [0.25, 0.3) is 0 Å². The molecule has 2 rings (SSSR count). The van der Waals surface area contributed by atoms with Crippen molar-refractivity contribution in [1.29, 1.82) is 0 Å². The molecule has 0 amide bonds. The number of thiazole rings is 1. The maximum atomic E-state index is 6.44. The van der Waals surface area contributed by atoms with Gasteiger partial charge in [0.2, 0.25) is 0 Å². The third-order valence-electron chi connectivity index (χ3n) is 3.71. The minimum Gasteiger partial charge on any atom is -0.324 e. The Labute approximate surface area is 108 Å². The highest BCUT2D eigenvalue weighted by Crippen LogP contribution is 2.26. The van der Waals surface area contributed by atoms with E-state index in [1.165, 1.54) is 24.3 Å². The van der Waals surface area contributed by atoms with Crippen LogP contribution in [0, 0.1) is 0 Å². The zero-order valence-electron chi connectivity index (χ0n) is 10.6. The number of hydrogen-bond acceptors (Lipinski definition) is 4. The van der Waals surface area contributed by atoms with Crippen LogP contribution in [-0.2, 0) is 0 Å². The van der Waals surface area contributed by atoms with E-state index in [1.807, 2.05) is 11.6 Å². The van der Waals surface area contributed by atoms with Gasteiger partial charge in [-0.1, -0.05) is 26.2 Å². The lowest BCUT2D eigenvalue weighted by Crippen LogP contribution is -2.50. The average molecular weight is 253 g/mol. The average Bonchev–Trinajstić information content (AvgIpc) is 2.84. The van der Waals surface area contributed by atoms with Crippen LogP contribution in [-0.4, -0.2) is 17.1 Å². The van der Waals surface area contributed by atoms with Gasteiger partial charge in [-0.25, -0.2) is 4.98 Å². The molecule has 0 bridgehead atoms. The highest BCUT2D eigenvalue weighted by Gasteiger charge is 2.28. The van der Waals surface area contributed by atoms with Crippen LogP contribution in [0.25, 0.3) is 0 Å². The Hall–Kier alpha value is -0.450. The van der Waals surface area contributed by atoms with Gasteiger partial charge in [0.1, 0.15) is 5.01 Å². The lowest BCUT2D eigenvalue weighted by molar-refractivity contribution is 0.272.